The van der Waals surface area contributed by atoms with Crippen molar-refractivity contribution in [1.29, 1.82) is 0 Å². The molecule has 0 fully saturated rings. The van der Waals surface area contributed by atoms with E-state index in [9.17, 15) is 13.2 Å². The maximum absolute atomic E-state index is 12.5. The average molecular weight is 392 g/mol. The summed E-state index contributed by atoms with van der Waals surface area (Å²) in [6.45, 7) is 1.71. The largest absolute Gasteiger partial charge is 0.497 e. The van der Waals surface area contributed by atoms with Gasteiger partial charge in [0.15, 0.2) is 0 Å². The average Bonchev–Trinajstić information content (AvgIpc) is 2.62. The van der Waals surface area contributed by atoms with Crippen molar-refractivity contribution in [2.75, 3.05) is 32.3 Å². The molecular formula is C19H24N2O5S. The van der Waals surface area contributed by atoms with E-state index in [1.54, 1.807) is 18.2 Å². The van der Waals surface area contributed by atoms with Crippen molar-refractivity contribution in [1.82, 2.24) is 4.31 Å². The Kier molecular flexibility index (Phi) is 6.81. The number of carbonyl (C=O) groups excluding carboxylic acids is 1. The van der Waals surface area contributed by atoms with Gasteiger partial charge < -0.3 is 14.8 Å². The van der Waals surface area contributed by atoms with E-state index < -0.39 is 15.9 Å². The van der Waals surface area contributed by atoms with Crippen LogP contribution in [0.25, 0.3) is 0 Å². The van der Waals surface area contributed by atoms with Gasteiger partial charge in [-0.3, -0.25) is 4.79 Å². The highest BCUT2D eigenvalue weighted by molar-refractivity contribution is 7.88. The zero-order chi connectivity index (χ0) is 20.0. The predicted octanol–water partition coefficient (Wildman–Crippen LogP) is 2.41. The molecule has 1 N–H and O–H groups in total. The van der Waals surface area contributed by atoms with E-state index in [-0.39, 0.29) is 13.1 Å². The molecule has 0 spiro atoms. The van der Waals surface area contributed by atoms with Crippen LogP contribution in [0, 0.1) is 6.92 Å². The summed E-state index contributed by atoms with van der Waals surface area (Å²) in [5.74, 6) is 0.528. The highest BCUT2D eigenvalue weighted by atomic mass is 32.2. The van der Waals surface area contributed by atoms with Gasteiger partial charge in [0.25, 0.3) is 0 Å². The van der Waals surface area contributed by atoms with Gasteiger partial charge in [-0.05, 0) is 30.2 Å². The first kappa shape index (κ1) is 20.7. The summed E-state index contributed by atoms with van der Waals surface area (Å²) < 4.78 is 35.8. The standard InChI is InChI=1S/C19H24N2O5S/c1-14-7-5-6-8-15(14)12-21(27(4,23)24)13-19(22)20-17-11-16(25-2)9-10-18(17)26-3/h5-11H,12-13H2,1-4H3,(H,20,22). The summed E-state index contributed by atoms with van der Waals surface area (Å²) in [6, 6.07) is 12.4. The molecule has 0 aliphatic rings. The number of carbonyl (C=O) groups is 1. The number of benzene rings is 2. The van der Waals surface area contributed by atoms with E-state index in [0.717, 1.165) is 21.7 Å². The Labute approximate surface area is 160 Å². The molecule has 0 atom stereocenters. The first-order valence-corrected chi connectivity index (χ1v) is 10.1. The Balaban J connectivity index is 2.19. The second-order valence-electron chi connectivity index (χ2n) is 6.07. The van der Waals surface area contributed by atoms with E-state index in [0.29, 0.717) is 17.2 Å². The Hall–Kier alpha value is -2.58. The number of hydrogen-bond acceptors (Lipinski definition) is 5. The van der Waals surface area contributed by atoms with Crippen molar-refractivity contribution in [3.8, 4) is 11.5 Å². The Morgan fingerprint density at radius 2 is 1.81 bits per heavy atom. The maximum Gasteiger partial charge on any atom is 0.239 e. The summed E-state index contributed by atoms with van der Waals surface area (Å²) in [5.41, 5.74) is 2.21. The fourth-order valence-corrected chi connectivity index (χ4v) is 3.25. The van der Waals surface area contributed by atoms with Crippen LogP contribution in [0.2, 0.25) is 0 Å². The Bertz CT molecular complexity index is 912. The third-order valence-electron chi connectivity index (χ3n) is 4.08. The minimum absolute atomic E-state index is 0.119. The van der Waals surface area contributed by atoms with E-state index in [1.165, 1.54) is 14.2 Å². The van der Waals surface area contributed by atoms with Crippen LogP contribution >= 0.6 is 0 Å². The lowest BCUT2D eigenvalue weighted by Crippen LogP contribution is -2.37. The SMILES string of the molecule is COc1ccc(OC)c(NC(=O)CN(Cc2ccccc2C)S(C)(=O)=O)c1. The van der Waals surface area contributed by atoms with Gasteiger partial charge in [0, 0.05) is 12.6 Å². The van der Waals surface area contributed by atoms with Crippen molar-refractivity contribution in [2.45, 2.75) is 13.5 Å². The lowest BCUT2D eigenvalue weighted by molar-refractivity contribution is -0.116. The fraction of sp³-hybridized carbons (Fsp3) is 0.316. The van der Waals surface area contributed by atoms with E-state index in [4.69, 9.17) is 9.47 Å². The fourth-order valence-electron chi connectivity index (χ4n) is 2.53. The van der Waals surface area contributed by atoms with Crippen LogP contribution in [0.4, 0.5) is 5.69 Å². The van der Waals surface area contributed by atoms with Crippen LogP contribution in [0.5, 0.6) is 11.5 Å². The smallest absolute Gasteiger partial charge is 0.239 e. The van der Waals surface area contributed by atoms with Gasteiger partial charge in [-0.15, -0.1) is 0 Å². The van der Waals surface area contributed by atoms with Gasteiger partial charge in [0.05, 0.1) is 32.7 Å². The molecule has 2 aromatic rings. The lowest BCUT2D eigenvalue weighted by Gasteiger charge is -2.21. The molecule has 0 heterocycles. The summed E-state index contributed by atoms with van der Waals surface area (Å²) in [6.07, 6.45) is 1.09. The molecular weight excluding hydrogens is 368 g/mol. The molecule has 27 heavy (non-hydrogen) atoms. The molecule has 8 heteroatoms. The second kappa shape index (κ2) is 8.88. The number of methoxy groups -OCH3 is 2. The number of hydrogen-bond donors (Lipinski definition) is 1. The molecule has 0 aliphatic carbocycles. The quantitative estimate of drug-likeness (QED) is 0.746. The lowest BCUT2D eigenvalue weighted by atomic mass is 10.1. The minimum Gasteiger partial charge on any atom is -0.497 e. The van der Waals surface area contributed by atoms with Crippen LogP contribution in [-0.2, 0) is 21.4 Å². The Morgan fingerprint density at radius 3 is 2.41 bits per heavy atom. The second-order valence-corrected chi connectivity index (χ2v) is 8.05. The van der Waals surface area contributed by atoms with Gasteiger partial charge >= 0.3 is 0 Å². The molecule has 7 nitrogen and oxygen atoms in total. The van der Waals surface area contributed by atoms with Crippen LogP contribution in [0.1, 0.15) is 11.1 Å². The summed E-state index contributed by atoms with van der Waals surface area (Å²) in [4.78, 5) is 12.5. The maximum atomic E-state index is 12.5. The number of sulfonamides is 1. The van der Waals surface area contributed by atoms with Crippen molar-refractivity contribution < 1.29 is 22.7 Å². The number of aryl methyl sites for hydroxylation is 1. The van der Waals surface area contributed by atoms with E-state index >= 15 is 0 Å². The molecule has 0 saturated carbocycles. The highest BCUT2D eigenvalue weighted by Gasteiger charge is 2.22. The third-order valence-corrected chi connectivity index (χ3v) is 5.27. The molecule has 146 valence electrons. The molecule has 0 aromatic heterocycles. The van der Waals surface area contributed by atoms with Gasteiger partial charge in [-0.1, -0.05) is 24.3 Å². The van der Waals surface area contributed by atoms with Crippen molar-refractivity contribution in [3.63, 3.8) is 0 Å². The van der Waals surface area contributed by atoms with Crippen LogP contribution in [-0.4, -0.2) is 45.7 Å². The monoisotopic (exact) mass is 392 g/mol. The van der Waals surface area contributed by atoms with E-state index in [1.807, 2.05) is 31.2 Å². The summed E-state index contributed by atoms with van der Waals surface area (Å²) in [7, 11) is -0.580. The first-order chi connectivity index (χ1) is 12.7. The van der Waals surface area contributed by atoms with Gasteiger partial charge in [-0.2, -0.15) is 4.31 Å². The van der Waals surface area contributed by atoms with Crippen LogP contribution in [0.3, 0.4) is 0 Å². The van der Waals surface area contributed by atoms with E-state index in [2.05, 4.69) is 5.32 Å². The zero-order valence-corrected chi connectivity index (χ0v) is 16.7. The molecule has 2 rings (SSSR count). The summed E-state index contributed by atoms with van der Waals surface area (Å²) >= 11 is 0. The number of amides is 1. The zero-order valence-electron chi connectivity index (χ0n) is 15.9. The molecule has 1 amide bonds. The van der Waals surface area contributed by atoms with Crippen molar-refractivity contribution >= 4 is 21.6 Å². The normalized spacial score (nSPS) is 11.3. The van der Waals surface area contributed by atoms with Crippen molar-refractivity contribution in [2.24, 2.45) is 0 Å². The number of rotatable bonds is 8. The predicted molar refractivity (Wildman–Crippen MR) is 105 cm³/mol. The molecule has 0 aliphatic heterocycles. The molecule has 0 saturated heterocycles. The van der Waals surface area contributed by atoms with Gasteiger partial charge in [0.2, 0.25) is 15.9 Å². The highest BCUT2D eigenvalue weighted by Crippen LogP contribution is 2.28. The number of nitrogens with one attached hydrogen (secondary N) is 1. The number of ether oxygens (including phenoxy) is 2. The minimum atomic E-state index is -3.58. The van der Waals surface area contributed by atoms with Crippen LogP contribution < -0.4 is 14.8 Å². The van der Waals surface area contributed by atoms with Crippen LogP contribution in [0.15, 0.2) is 42.5 Å². The van der Waals surface area contributed by atoms with Gasteiger partial charge in [0.1, 0.15) is 11.5 Å². The number of anilines is 1. The molecule has 0 bridgehead atoms. The molecule has 0 radical (unpaired) electrons. The molecule has 2 aromatic carbocycles. The van der Waals surface area contributed by atoms with Crippen molar-refractivity contribution in [3.05, 3.63) is 53.6 Å². The summed E-state index contributed by atoms with van der Waals surface area (Å²) in [5, 5.41) is 2.69. The first-order valence-electron chi connectivity index (χ1n) is 8.26. The molecule has 0 unspecified atom stereocenters. The van der Waals surface area contributed by atoms with Gasteiger partial charge in [-0.25, -0.2) is 8.42 Å². The topological polar surface area (TPSA) is 84.9 Å². The number of nitrogens with zero attached hydrogens (tertiary/aromatic N) is 1. The third kappa shape index (κ3) is 5.70. The Morgan fingerprint density at radius 1 is 1.11 bits per heavy atom.